The largest absolute Gasteiger partial charge is 0.453 e. The second kappa shape index (κ2) is 4.43. The summed E-state index contributed by atoms with van der Waals surface area (Å²) in [5, 5.41) is 9.40. The molecule has 1 aliphatic rings. The third kappa shape index (κ3) is 1.92. The lowest BCUT2D eigenvalue weighted by atomic mass is 10.0. The highest BCUT2D eigenvalue weighted by atomic mass is 79.9. The first-order chi connectivity index (χ1) is 7.63. The van der Waals surface area contributed by atoms with Gasteiger partial charge in [0.1, 0.15) is 0 Å². The van der Waals surface area contributed by atoms with Crippen molar-refractivity contribution in [2.45, 2.75) is 19.4 Å². The van der Waals surface area contributed by atoms with E-state index in [1.54, 1.807) is 13.0 Å². The van der Waals surface area contributed by atoms with Gasteiger partial charge in [0, 0.05) is 16.5 Å². The van der Waals surface area contributed by atoms with E-state index in [0.717, 1.165) is 16.3 Å². The molecule has 1 aromatic rings. The average Bonchev–Trinajstić information content (AvgIpc) is 2.70. The molecular formula is C11H11BrO4. The Hall–Kier alpha value is -1.07. The van der Waals surface area contributed by atoms with Gasteiger partial charge in [-0.15, -0.1) is 0 Å². The number of benzene rings is 1. The second-order valence-electron chi connectivity index (χ2n) is 3.66. The zero-order valence-electron chi connectivity index (χ0n) is 8.70. The van der Waals surface area contributed by atoms with E-state index in [0.29, 0.717) is 23.5 Å². The molecule has 1 atom stereocenters. The van der Waals surface area contributed by atoms with E-state index in [2.05, 4.69) is 15.9 Å². The number of hydrogen-bond acceptors (Lipinski definition) is 4. The number of fused-ring (bicyclic) bond motifs is 1. The Labute approximate surface area is 101 Å². The van der Waals surface area contributed by atoms with Gasteiger partial charge in [0.05, 0.1) is 11.7 Å². The van der Waals surface area contributed by atoms with Gasteiger partial charge in [-0.1, -0.05) is 15.9 Å². The molecule has 1 N–H and O–H groups in total. The van der Waals surface area contributed by atoms with Gasteiger partial charge < -0.3 is 14.6 Å². The van der Waals surface area contributed by atoms with Crippen LogP contribution in [0.3, 0.4) is 0 Å². The summed E-state index contributed by atoms with van der Waals surface area (Å²) < 4.78 is 11.3. The van der Waals surface area contributed by atoms with Crippen molar-refractivity contribution in [2.75, 3.05) is 6.79 Å². The smallest absolute Gasteiger partial charge is 0.231 e. The second-order valence-corrected chi connectivity index (χ2v) is 4.52. The zero-order valence-corrected chi connectivity index (χ0v) is 10.3. The van der Waals surface area contributed by atoms with Crippen LogP contribution < -0.4 is 9.47 Å². The van der Waals surface area contributed by atoms with Crippen LogP contribution in [-0.2, 0) is 6.42 Å². The Morgan fingerprint density at radius 3 is 2.88 bits per heavy atom. The summed E-state index contributed by atoms with van der Waals surface area (Å²) in [6.45, 7) is 1.81. The number of carbonyl (C=O) groups excluding carboxylic acids is 1. The average molecular weight is 287 g/mol. The Kier molecular flexibility index (Phi) is 3.16. The van der Waals surface area contributed by atoms with Crippen LogP contribution in [0.1, 0.15) is 22.8 Å². The third-order valence-corrected chi connectivity index (χ3v) is 3.05. The topological polar surface area (TPSA) is 55.8 Å². The number of aliphatic hydroxyl groups excluding tert-OH is 1. The zero-order chi connectivity index (χ0) is 11.7. The summed E-state index contributed by atoms with van der Waals surface area (Å²) in [7, 11) is 0. The summed E-state index contributed by atoms with van der Waals surface area (Å²) >= 11 is 3.36. The molecule has 2 rings (SSSR count). The molecule has 0 spiro atoms. The fourth-order valence-corrected chi connectivity index (χ4v) is 2.28. The van der Waals surface area contributed by atoms with Crippen molar-refractivity contribution in [3.05, 3.63) is 21.7 Å². The standard InChI is InChI=1S/C11H11BrO4/c1-6(14)2-8-9(12)3-7(4-13)10-11(8)16-5-15-10/h3-4,6,14H,2,5H2,1H3. The predicted octanol–water partition coefficient (Wildman–Crippen LogP) is 1.91. The monoisotopic (exact) mass is 286 g/mol. The summed E-state index contributed by atoms with van der Waals surface area (Å²) in [5.74, 6) is 1.02. The summed E-state index contributed by atoms with van der Waals surface area (Å²) in [4.78, 5) is 10.8. The molecule has 5 heteroatoms. The maximum Gasteiger partial charge on any atom is 0.231 e. The Morgan fingerprint density at radius 2 is 2.25 bits per heavy atom. The quantitative estimate of drug-likeness (QED) is 0.863. The fourth-order valence-electron chi connectivity index (χ4n) is 1.69. The lowest BCUT2D eigenvalue weighted by Gasteiger charge is -2.11. The van der Waals surface area contributed by atoms with Crippen molar-refractivity contribution < 1.29 is 19.4 Å². The molecule has 1 unspecified atom stereocenters. The predicted molar refractivity (Wildman–Crippen MR) is 61.0 cm³/mol. The van der Waals surface area contributed by atoms with Crippen LogP contribution in [-0.4, -0.2) is 24.3 Å². The normalized spacial score (nSPS) is 14.9. The van der Waals surface area contributed by atoms with Gasteiger partial charge in [-0.05, 0) is 13.0 Å². The van der Waals surface area contributed by atoms with Crippen LogP contribution in [0.25, 0.3) is 0 Å². The van der Waals surface area contributed by atoms with E-state index in [1.807, 2.05) is 0 Å². The minimum atomic E-state index is -0.480. The maximum atomic E-state index is 10.8. The summed E-state index contributed by atoms with van der Waals surface area (Å²) in [6.07, 6.45) is 0.697. The molecule has 0 amide bonds. The maximum absolute atomic E-state index is 10.8. The third-order valence-electron chi connectivity index (χ3n) is 2.35. The molecule has 0 aromatic heterocycles. The first kappa shape index (κ1) is 11.4. The minimum absolute atomic E-state index is 0.111. The van der Waals surface area contributed by atoms with Gasteiger partial charge >= 0.3 is 0 Å². The molecule has 16 heavy (non-hydrogen) atoms. The number of halogens is 1. The van der Waals surface area contributed by atoms with Crippen molar-refractivity contribution in [1.82, 2.24) is 0 Å². The van der Waals surface area contributed by atoms with E-state index >= 15 is 0 Å². The molecule has 86 valence electrons. The molecular weight excluding hydrogens is 276 g/mol. The molecule has 0 fully saturated rings. The highest BCUT2D eigenvalue weighted by Gasteiger charge is 2.24. The number of rotatable bonds is 3. The lowest BCUT2D eigenvalue weighted by Crippen LogP contribution is -2.06. The highest BCUT2D eigenvalue weighted by Crippen LogP contribution is 2.42. The Morgan fingerprint density at radius 1 is 1.56 bits per heavy atom. The van der Waals surface area contributed by atoms with Gasteiger partial charge in [-0.25, -0.2) is 0 Å². The summed E-state index contributed by atoms with van der Waals surface area (Å²) in [6, 6.07) is 1.68. The molecule has 0 radical (unpaired) electrons. The molecule has 0 aliphatic carbocycles. The number of carbonyl (C=O) groups is 1. The van der Waals surface area contributed by atoms with E-state index in [-0.39, 0.29) is 6.79 Å². The van der Waals surface area contributed by atoms with Crippen molar-refractivity contribution >= 4 is 22.2 Å². The Balaban J connectivity index is 2.53. The highest BCUT2D eigenvalue weighted by molar-refractivity contribution is 9.10. The van der Waals surface area contributed by atoms with E-state index < -0.39 is 6.10 Å². The van der Waals surface area contributed by atoms with Gasteiger partial charge in [0.15, 0.2) is 17.8 Å². The van der Waals surface area contributed by atoms with Gasteiger partial charge in [0.2, 0.25) is 6.79 Å². The molecule has 0 saturated carbocycles. The van der Waals surface area contributed by atoms with Crippen LogP contribution in [0.15, 0.2) is 10.5 Å². The van der Waals surface area contributed by atoms with Crippen LogP contribution in [0, 0.1) is 0 Å². The van der Waals surface area contributed by atoms with Crippen molar-refractivity contribution in [1.29, 1.82) is 0 Å². The number of aliphatic hydroxyl groups is 1. The fraction of sp³-hybridized carbons (Fsp3) is 0.364. The molecule has 1 heterocycles. The van der Waals surface area contributed by atoms with Gasteiger partial charge in [-0.2, -0.15) is 0 Å². The minimum Gasteiger partial charge on any atom is -0.453 e. The molecule has 1 aliphatic heterocycles. The van der Waals surface area contributed by atoms with Crippen LogP contribution >= 0.6 is 15.9 Å². The number of aldehydes is 1. The Bertz CT molecular complexity index is 428. The van der Waals surface area contributed by atoms with Crippen LogP contribution in [0.2, 0.25) is 0 Å². The van der Waals surface area contributed by atoms with E-state index in [4.69, 9.17) is 9.47 Å². The molecule has 1 aromatic carbocycles. The van der Waals surface area contributed by atoms with Crippen molar-refractivity contribution in [3.63, 3.8) is 0 Å². The van der Waals surface area contributed by atoms with Gasteiger partial charge in [0.25, 0.3) is 0 Å². The van der Waals surface area contributed by atoms with Crippen molar-refractivity contribution in [3.8, 4) is 11.5 Å². The SMILES string of the molecule is CC(O)Cc1c(Br)cc(C=O)c2c1OCO2. The first-order valence-electron chi connectivity index (χ1n) is 4.87. The van der Waals surface area contributed by atoms with Crippen molar-refractivity contribution in [2.24, 2.45) is 0 Å². The van der Waals surface area contributed by atoms with Crippen LogP contribution in [0.4, 0.5) is 0 Å². The van der Waals surface area contributed by atoms with Crippen LogP contribution in [0.5, 0.6) is 11.5 Å². The molecule has 4 nitrogen and oxygen atoms in total. The number of ether oxygens (including phenoxy) is 2. The van der Waals surface area contributed by atoms with E-state index in [1.165, 1.54) is 0 Å². The van der Waals surface area contributed by atoms with E-state index in [9.17, 15) is 9.90 Å². The van der Waals surface area contributed by atoms with Gasteiger partial charge in [-0.3, -0.25) is 4.79 Å². The lowest BCUT2D eigenvalue weighted by molar-refractivity contribution is 0.111. The molecule has 0 bridgehead atoms. The molecule has 0 saturated heterocycles. The number of hydrogen-bond donors (Lipinski definition) is 1. The first-order valence-corrected chi connectivity index (χ1v) is 5.67. The summed E-state index contributed by atoms with van der Waals surface area (Å²) in [5.41, 5.74) is 1.28.